The van der Waals surface area contributed by atoms with Gasteiger partial charge >= 0.3 is 5.97 Å². The fraction of sp³-hybridized carbons (Fsp3) is 0.294. The molecule has 0 aliphatic carbocycles. The van der Waals surface area contributed by atoms with Gasteiger partial charge in [0.15, 0.2) is 6.04 Å². The summed E-state index contributed by atoms with van der Waals surface area (Å²) in [5.41, 5.74) is 0.896. The molecule has 0 saturated carbocycles. The lowest BCUT2D eigenvalue weighted by molar-refractivity contribution is -0.161. The van der Waals surface area contributed by atoms with Gasteiger partial charge in [0.25, 0.3) is 10.0 Å². The van der Waals surface area contributed by atoms with Crippen molar-refractivity contribution < 1.29 is 22.7 Å². The summed E-state index contributed by atoms with van der Waals surface area (Å²) >= 11 is 1.31. The molecule has 0 unspecified atom stereocenters. The van der Waals surface area contributed by atoms with Crippen LogP contribution in [0.1, 0.15) is 23.3 Å². The number of amides is 1. The van der Waals surface area contributed by atoms with E-state index in [1.54, 1.807) is 36.6 Å². The van der Waals surface area contributed by atoms with E-state index in [0.717, 1.165) is 5.56 Å². The second-order valence-electron chi connectivity index (χ2n) is 5.64. The van der Waals surface area contributed by atoms with E-state index < -0.39 is 33.9 Å². The number of carbonyl (C=O) groups is 2. The maximum Gasteiger partial charge on any atom is 0.331 e. The van der Waals surface area contributed by atoms with E-state index in [9.17, 15) is 18.0 Å². The lowest BCUT2D eigenvalue weighted by atomic mass is 9.89. The van der Waals surface area contributed by atoms with E-state index in [0.29, 0.717) is 9.18 Å². The third-order valence-corrected chi connectivity index (χ3v) is 6.76. The van der Waals surface area contributed by atoms with E-state index >= 15 is 0 Å². The van der Waals surface area contributed by atoms with Crippen molar-refractivity contribution in [2.24, 2.45) is 0 Å². The predicted molar refractivity (Wildman–Crippen MR) is 92.7 cm³/mol. The Morgan fingerprint density at radius 2 is 1.92 bits per heavy atom. The molecule has 0 spiro atoms. The Morgan fingerprint density at radius 1 is 1.24 bits per heavy atom. The van der Waals surface area contributed by atoms with Crippen LogP contribution in [0.15, 0.2) is 46.7 Å². The number of sulfonamides is 1. The van der Waals surface area contributed by atoms with E-state index in [-0.39, 0.29) is 11.5 Å². The van der Waals surface area contributed by atoms with Gasteiger partial charge in [-0.2, -0.15) is 0 Å². The number of rotatable bonds is 5. The number of hydrogen-bond donors (Lipinski definition) is 0. The van der Waals surface area contributed by atoms with Crippen LogP contribution >= 0.6 is 11.3 Å². The van der Waals surface area contributed by atoms with Gasteiger partial charge in [-0.1, -0.05) is 23.8 Å². The Morgan fingerprint density at radius 3 is 2.48 bits per heavy atom. The lowest BCUT2D eigenvalue weighted by Gasteiger charge is -2.43. The molecule has 1 fully saturated rings. The van der Waals surface area contributed by atoms with E-state index in [1.807, 2.05) is 6.92 Å². The van der Waals surface area contributed by atoms with Crippen molar-refractivity contribution in [3.8, 4) is 0 Å². The van der Waals surface area contributed by atoms with Crippen LogP contribution in [0.2, 0.25) is 0 Å². The van der Waals surface area contributed by atoms with Crippen LogP contribution in [0.5, 0.6) is 0 Å². The Labute approximate surface area is 150 Å². The minimum atomic E-state index is -4.12. The molecule has 1 aliphatic rings. The fourth-order valence-corrected chi connectivity index (χ4v) is 5.17. The number of carbonyl (C=O) groups excluding carboxylic acids is 2. The number of nitrogens with zero attached hydrogens (tertiary/aromatic N) is 1. The molecule has 0 N–H and O–H groups in total. The zero-order valence-electron chi connectivity index (χ0n) is 13.7. The van der Waals surface area contributed by atoms with Crippen molar-refractivity contribution in [3.63, 3.8) is 0 Å². The molecule has 2 heterocycles. The number of benzene rings is 1. The van der Waals surface area contributed by atoms with E-state index in [2.05, 4.69) is 0 Å². The smallest absolute Gasteiger partial charge is 0.331 e. The quantitative estimate of drug-likeness (QED) is 0.588. The topological polar surface area (TPSA) is 80.8 Å². The summed E-state index contributed by atoms with van der Waals surface area (Å²) in [6.45, 7) is 3.58. The molecular formula is C17H17NO5S2. The van der Waals surface area contributed by atoms with Crippen molar-refractivity contribution >= 4 is 33.2 Å². The summed E-state index contributed by atoms with van der Waals surface area (Å²) in [4.78, 5) is 25.6. The SMILES string of the molecule is CCOC(=O)[C@H]1[C@H](c2cccs2)C(=O)N1S(=O)(=O)c1ccc(C)cc1. The van der Waals surface area contributed by atoms with Gasteiger partial charge in [-0.3, -0.25) is 4.79 Å². The molecule has 1 amide bonds. The van der Waals surface area contributed by atoms with E-state index in [1.165, 1.54) is 23.5 Å². The average Bonchev–Trinajstić information content (AvgIpc) is 3.06. The van der Waals surface area contributed by atoms with Gasteiger partial charge in [-0.25, -0.2) is 17.5 Å². The normalized spacial score (nSPS) is 20.2. The van der Waals surface area contributed by atoms with Crippen LogP contribution in [0.25, 0.3) is 0 Å². The summed E-state index contributed by atoms with van der Waals surface area (Å²) in [5.74, 6) is -2.14. The Hall–Kier alpha value is -2.19. The van der Waals surface area contributed by atoms with E-state index in [4.69, 9.17) is 4.74 Å². The molecule has 25 heavy (non-hydrogen) atoms. The third kappa shape index (κ3) is 2.96. The first-order chi connectivity index (χ1) is 11.9. The van der Waals surface area contributed by atoms with Crippen molar-refractivity contribution in [3.05, 3.63) is 52.2 Å². The van der Waals surface area contributed by atoms with Crippen LogP contribution in [0.3, 0.4) is 0 Å². The average molecular weight is 379 g/mol. The number of esters is 1. The maximum absolute atomic E-state index is 12.9. The second kappa shape index (κ2) is 6.61. The fourth-order valence-electron chi connectivity index (χ4n) is 2.76. The van der Waals surface area contributed by atoms with Crippen LogP contribution in [-0.2, 0) is 24.3 Å². The second-order valence-corrected chi connectivity index (χ2v) is 8.44. The minimum Gasteiger partial charge on any atom is -0.464 e. The van der Waals surface area contributed by atoms with Crippen molar-refractivity contribution in [1.29, 1.82) is 0 Å². The number of hydrogen-bond acceptors (Lipinski definition) is 6. The van der Waals surface area contributed by atoms with Gasteiger partial charge in [0.05, 0.1) is 11.5 Å². The highest BCUT2D eigenvalue weighted by Gasteiger charge is 2.59. The van der Waals surface area contributed by atoms with Crippen molar-refractivity contribution in [2.45, 2.75) is 30.7 Å². The van der Waals surface area contributed by atoms with Gasteiger partial charge in [0.2, 0.25) is 5.91 Å². The Balaban J connectivity index is 2.00. The third-order valence-electron chi connectivity index (χ3n) is 4.01. The first-order valence-electron chi connectivity index (χ1n) is 7.73. The molecule has 6 nitrogen and oxygen atoms in total. The van der Waals surface area contributed by atoms with Gasteiger partial charge in [0, 0.05) is 4.88 Å². The van der Waals surface area contributed by atoms with Gasteiger partial charge in [-0.05, 0) is 37.4 Å². The summed E-state index contributed by atoms with van der Waals surface area (Å²) in [5, 5.41) is 1.78. The van der Waals surface area contributed by atoms with Crippen LogP contribution in [0.4, 0.5) is 0 Å². The maximum atomic E-state index is 12.9. The molecule has 0 bridgehead atoms. The molecule has 2 aromatic rings. The summed E-state index contributed by atoms with van der Waals surface area (Å²) in [7, 11) is -4.12. The summed E-state index contributed by atoms with van der Waals surface area (Å²) in [6, 6.07) is 8.46. The highest BCUT2D eigenvalue weighted by atomic mass is 32.2. The molecule has 1 aromatic heterocycles. The molecule has 0 radical (unpaired) electrons. The van der Waals surface area contributed by atoms with Crippen molar-refractivity contribution in [2.75, 3.05) is 6.61 Å². The molecule has 1 aliphatic heterocycles. The molecule has 1 saturated heterocycles. The monoisotopic (exact) mass is 379 g/mol. The highest BCUT2D eigenvalue weighted by Crippen LogP contribution is 2.42. The molecule has 8 heteroatoms. The first-order valence-corrected chi connectivity index (χ1v) is 10.0. The summed E-state index contributed by atoms with van der Waals surface area (Å²) in [6.07, 6.45) is 0. The number of thiophene rings is 1. The lowest BCUT2D eigenvalue weighted by Crippen LogP contribution is -2.64. The van der Waals surface area contributed by atoms with Crippen LogP contribution < -0.4 is 0 Å². The zero-order valence-corrected chi connectivity index (χ0v) is 15.3. The zero-order chi connectivity index (χ0) is 18.2. The van der Waals surface area contributed by atoms with Gasteiger partial charge in [-0.15, -0.1) is 11.3 Å². The molecular weight excluding hydrogens is 362 g/mol. The van der Waals surface area contributed by atoms with Crippen LogP contribution in [0, 0.1) is 6.92 Å². The first kappa shape index (κ1) is 17.6. The number of aryl methyl sites for hydroxylation is 1. The van der Waals surface area contributed by atoms with Crippen LogP contribution in [-0.4, -0.2) is 37.2 Å². The number of β-lactam (4-membered cyclic amide) rings is 1. The Bertz CT molecular complexity index is 888. The minimum absolute atomic E-state index is 0.0228. The molecule has 1 aromatic carbocycles. The largest absolute Gasteiger partial charge is 0.464 e. The summed E-state index contributed by atoms with van der Waals surface area (Å²) < 4.78 is 31.4. The predicted octanol–water partition coefficient (Wildman–Crippen LogP) is 2.30. The number of ether oxygens (including phenoxy) is 1. The molecule has 132 valence electrons. The molecule has 2 atom stereocenters. The van der Waals surface area contributed by atoms with Gasteiger partial charge in [0.1, 0.15) is 5.92 Å². The Kier molecular flexibility index (Phi) is 4.66. The highest BCUT2D eigenvalue weighted by molar-refractivity contribution is 7.89. The van der Waals surface area contributed by atoms with Crippen molar-refractivity contribution in [1.82, 2.24) is 4.31 Å². The standard InChI is InChI=1S/C17H17NO5S2/c1-3-23-17(20)15-14(13-5-4-10-24-13)16(19)18(15)25(21,22)12-8-6-11(2)7-9-12/h4-10,14-15H,3H2,1-2H3/t14-,15+/m0/s1. The van der Waals surface area contributed by atoms with Gasteiger partial charge < -0.3 is 4.74 Å². The molecule has 3 rings (SSSR count).